The molecule has 1 amide bonds. The van der Waals surface area contributed by atoms with E-state index < -0.39 is 22.3 Å². The first-order valence-electron chi connectivity index (χ1n) is 9.12. The first-order chi connectivity index (χ1) is 12.8. The molecule has 0 unspecified atom stereocenters. The van der Waals surface area contributed by atoms with Crippen LogP contribution in [-0.4, -0.2) is 33.7 Å². The molecule has 1 aliphatic rings. The Balaban J connectivity index is 2.14. The van der Waals surface area contributed by atoms with Crippen molar-refractivity contribution < 1.29 is 14.3 Å². The predicted molar refractivity (Wildman–Crippen MR) is 107 cm³/mol. The van der Waals surface area contributed by atoms with Crippen LogP contribution in [0.3, 0.4) is 0 Å². The SMILES string of the molecule is CCOC(=O)[C@@]1(Sc2ccccc2)C(=O)N(C(C)(C)C)[C@H]1c1ccccc1. The molecule has 1 aliphatic heterocycles. The van der Waals surface area contributed by atoms with Crippen LogP contribution in [0.2, 0.25) is 0 Å². The predicted octanol–water partition coefficient (Wildman–Crippen LogP) is 4.46. The molecule has 27 heavy (non-hydrogen) atoms. The number of esters is 1. The fourth-order valence-corrected chi connectivity index (χ4v) is 4.84. The Morgan fingerprint density at radius 2 is 1.63 bits per heavy atom. The molecule has 5 heteroatoms. The van der Waals surface area contributed by atoms with E-state index in [1.54, 1.807) is 11.8 Å². The quantitative estimate of drug-likeness (QED) is 0.434. The lowest BCUT2D eigenvalue weighted by Gasteiger charge is -2.58. The molecule has 0 N–H and O–H groups in total. The number of hydrogen-bond donors (Lipinski definition) is 0. The summed E-state index contributed by atoms with van der Waals surface area (Å²) in [6.45, 7) is 7.97. The van der Waals surface area contributed by atoms with Gasteiger partial charge in [-0.05, 0) is 45.4 Å². The average Bonchev–Trinajstić information content (AvgIpc) is 2.64. The molecule has 1 fully saturated rings. The van der Waals surface area contributed by atoms with Gasteiger partial charge in [-0.1, -0.05) is 60.3 Å². The standard InChI is InChI=1S/C22H25NO3S/c1-5-26-20(25)22(27-17-14-10-7-11-15-17)18(16-12-8-6-9-13-16)23(19(22)24)21(2,3)4/h6-15,18H,5H2,1-4H3/t18-,22-/m0/s1. The number of nitrogens with zero attached hydrogens (tertiary/aromatic N) is 1. The van der Waals surface area contributed by atoms with Crippen LogP contribution in [0.1, 0.15) is 39.3 Å². The maximum atomic E-state index is 13.4. The number of rotatable bonds is 5. The van der Waals surface area contributed by atoms with Crippen molar-refractivity contribution in [2.45, 2.75) is 48.9 Å². The fraction of sp³-hybridized carbons (Fsp3) is 0.364. The molecule has 0 bridgehead atoms. The summed E-state index contributed by atoms with van der Waals surface area (Å²) in [7, 11) is 0. The molecule has 0 spiro atoms. The zero-order valence-electron chi connectivity index (χ0n) is 16.1. The van der Waals surface area contributed by atoms with Gasteiger partial charge in [0.15, 0.2) is 0 Å². The van der Waals surface area contributed by atoms with Crippen LogP contribution in [0.4, 0.5) is 0 Å². The van der Waals surface area contributed by atoms with Crippen LogP contribution in [0.25, 0.3) is 0 Å². The molecule has 0 aromatic heterocycles. The Bertz CT molecular complexity index is 816. The molecule has 1 heterocycles. The molecule has 142 valence electrons. The summed E-state index contributed by atoms with van der Waals surface area (Å²) in [5, 5.41) is 0. The molecule has 0 aliphatic carbocycles. The molecule has 2 aromatic rings. The van der Waals surface area contributed by atoms with Crippen molar-refractivity contribution in [1.82, 2.24) is 4.90 Å². The minimum atomic E-state index is -1.31. The lowest BCUT2D eigenvalue weighted by atomic mass is 9.77. The van der Waals surface area contributed by atoms with Crippen LogP contribution < -0.4 is 0 Å². The van der Waals surface area contributed by atoms with E-state index in [2.05, 4.69) is 0 Å². The number of ether oxygens (including phenoxy) is 1. The van der Waals surface area contributed by atoms with Crippen molar-refractivity contribution in [3.8, 4) is 0 Å². The van der Waals surface area contributed by atoms with Gasteiger partial charge in [0, 0.05) is 10.4 Å². The normalized spacial score (nSPS) is 22.3. The Hall–Kier alpha value is -2.27. The first-order valence-corrected chi connectivity index (χ1v) is 9.94. The van der Waals surface area contributed by atoms with Crippen LogP contribution in [0.15, 0.2) is 65.6 Å². The summed E-state index contributed by atoms with van der Waals surface area (Å²) in [5.41, 5.74) is 0.522. The van der Waals surface area contributed by atoms with E-state index in [9.17, 15) is 9.59 Å². The van der Waals surface area contributed by atoms with E-state index in [1.165, 1.54) is 11.8 Å². The number of carbonyl (C=O) groups excluding carboxylic acids is 2. The average molecular weight is 384 g/mol. The Labute approximate surface area is 164 Å². The first kappa shape index (κ1) is 19.5. The highest BCUT2D eigenvalue weighted by molar-refractivity contribution is 8.02. The van der Waals surface area contributed by atoms with E-state index in [1.807, 2.05) is 81.4 Å². The summed E-state index contributed by atoms with van der Waals surface area (Å²) < 4.78 is 4.08. The minimum Gasteiger partial charge on any atom is -0.464 e. The monoisotopic (exact) mass is 383 g/mol. The van der Waals surface area contributed by atoms with Gasteiger partial charge in [0.25, 0.3) is 5.91 Å². The summed E-state index contributed by atoms with van der Waals surface area (Å²) in [4.78, 5) is 29.2. The zero-order chi connectivity index (χ0) is 19.7. The number of β-lactam (4-membered cyclic amide) rings is 1. The molecular weight excluding hydrogens is 358 g/mol. The highest BCUT2D eigenvalue weighted by Gasteiger charge is 2.70. The maximum absolute atomic E-state index is 13.4. The Morgan fingerprint density at radius 3 is 2.15 bits per heavy atom. The number of likely N-dealkylation sites (tertiary alicyclic amines) is 1. The lowest BCUT2D eigenvalue weighted by Crippen LogP contribution is -2.74. The molecule has 1 saturated heterocycles. The van der Waals surface area contributed by atoms with Crippen molar-refractivity contribution in [3.63, 3.8) is 0 Å². The highest BCUT2D eigenvalue weighted by Crippen LogP contribution is 2.57. The highest BCUT2D eigenvalue weighted by atomic mass is 32.2. The molecule has 0 radical (unpaired) electrons. The van der Waals surface area contributed by atoms with E-state index in [0.29, 0.717) is 0 Å². The number of amides is 1. The maximum Gasteiger partial charge on any atom is 0.334 e. The third-order valence-electron chi connectivity index (χ3n) is 4.62. The molecule has 3 rings (SSSR count). The van der Waals surface area contributed by atoms with Gasteiger partial charge >= 0.3 is 5.97 Å². The molecule has 0 saturated carbocycles. The van der Waals surface area contributed by atoms with Gasteiger partial charge in [-0.3, -0.25) is 4.79 Å². The minimum absolute atomic E-state index is 0.198. The van der Waals surface area contributed by atoms with Crippen molar-refractivity contribution in [2.75, 3.05) is 6.61 Å². The summed E-state index contributed by atoms with van der Waals surface area (Å²) >= 11 is 1.29. The van der Waals surface area contributed by atoms with Crippen LogP contribution >= 0.6 is 11.8 Å². The number of carbonyl (C=O) groups is 2. The van der Waals surface area contributed by atoms with Gasteiger partial charge in [-0.15, -0.1) is 0 Å². The third-order valence-corrected chi connectivity index (χ3v) is 6.01. The second-order valence-electron chi connectivity index (χ2n) is 7.53. The van der Waals surface area contributed by atoms with Gasteiger partial charge in [0.2, 0.25) is 4.75 Å². The van der Waals surface area contributed by atoms with Gasteiger partial charge in [-0.2, -0.15) is 0 Å². The fourth-order valence-electron chi connectivity index (χ4n) is 3.49. The topological polar surface area (TPSA) is 46.6 Å². The number of thioether (sulfide) groups is 1. The van der Waals surface area contributed by atoms with Crippen molar-refractivity contribution >= 4 is 23.6 Å². The van der Waals surface area contributed by atoms with E-state index in [-0.39, 0.29) is 12.5 Å². The van der Waals surface area contributed by atoms with Crippen molar-refractivity contribution in [1.29, 1.82) is 0 Å². The molecular formula is C22H25NO3S. The van der Waals surface area contributed by atoms with Gasteiger partial charge < -0.3 is 9.64 Å². The molecule has 2 aromatic carbocycles. The second kappa shape index (κ2) is 7.39. The third kappa shape index (κ3) is 3.36. The van der Waals surface area contributed by atoms with Crippen molar-refractivity contribution in [3.05, 3.63) is 66.2 Å². The summed E-state index contributed by atoms with van der Waals surface area (Å²) in [6.07, 6.45) is 0. The lowest BCUT2D eigenvalue weighted by molar-refractivity contribution is -0.175. The van der Waals surface area contributed by atoms with Gasteiger partial charge in [0.1, 0.15) is 0 Å². The van der Waals surface area contributed by atoms with E-state index in [0.717, 1.165) is 10.5 Å². The number of hydrogen-bond acceptors (Lipinski definition) is 4. The summed E-state index contributed by atoms with van der Waals surface area (Å²) in [5.74, 6) is -0.672. The van der Waals surface area contributed by atoms with Gasteiger partial charge in [-0.25, -0.2) is 4.79 Å². The Morgan fingerprint density at radius 1 is 1.07 bits per heavy atom. The van der Waals surface area contributed by atoms with Crippen LogP contribution in [-0.2, 0) is 14.3 Å². The molecule has 2 atom stereocenters. The largest absolute Gasteiger partial charge is 0.464 e. The zero-order valence-corrected chi connectivity index (χ0v) is 17.0. The van der Waals surface area contributed by atoms with Crippen molar-refractivity contribution in [2.24, 2.45) is 0 Å². The van der Waals surface area contributed by atoms with Crippen LogP contribution in [0.5, 0.6) is 0 Å². The number of benzene rings is 2. The second-order valence-corrected chi connectivity index (χ2v) is 8.85. The Kier molecular flexibility index (Phi) is 5.33. The van der Waals surface area contributed by atoms with Crippen LogP contribution in [0, 0.1) is 0 Å². The molecule has 4 nitrogen and oxygen atoms in total. The van der Waals surface area contributed by atoms with E-state index >= 15 is 0 Å². The van der Waals surface area contributed by atoms with E-state index in [4.69, 9.17) is 4.74 Å². The van der Waals surface area contributed by atoms with Gasteiger partial charge in [0.05, 0.1) is 12.6 Å². The smallest absolute Gasteiger partial charge is 0.334 e. The summed E-state index contributed by atoms with van der Waals surface area (Å²) in [6, 6.07) is 18.9.